The van der Waals surface area contributed by atoms with Crippen LogP contribution in [0, 0.1) is 6.92 Å². The van der Waals surface area contributed by atoms with Crippen LogP contribution in [0.4, 0.5) is 0 Å². The number of aryl methyl sites for hydroxylation is 1. The number of halogens is 1. The molecule has 0 spiro atoms. The third kappa shape index (κ3) is 4.07. The minimum Gasteiger partial charge on any atom is -0.490 e. The molecule has 2 aliphatic heterocycles. The van der Waals surface area contributed by atoms with Crippen LogP contribution in [-0.4, -0.2) is 42.2 Å². The Labute approximate surface area is 176 Å². The standard InChI is InChI=1S/C23H26ClNO4/c1-14(2)29-22-20-19(9-15(3)21(22)24)28-13-17-10-18(11-25(17)23(20)26)27-12-16-7-5-4-6-8-16/h4-9,14,17-18H,10-13H2,1-3H3/t17-,18+/m1/s1. The van der Waals surface area contributed by atoms with Gasteiger partial charge in [0.15, 0.2) is 5.75 Å². The molecule has 5 nitrogen and oxygen atoms in total. The third-order valence-corrected chi connectivity index (χ3v) is 5.80. The van der Waals surface area contributed by atoms with Gasteiger partial charge in [-0.1, -0.05) is 41.9 Å². The number of rotatable bonds is 5. The zero-order valence-electron chi connectivity index (χ0n) is 17.0. The summed E-state index contributed by atoms with van der Waals surface area (Å²) in [4.78, 5) is 15.3. The highest BCUT2D eigenvalue weighted by atomic mass is 35.5. The van der Waals surface area contributed by atoms with Crippen molar-refractivity contribution in [3.05, 3.63) is 58.1 Å². The summed E-state index contributed by atoms with van der Waals surface area (Å²) in [6, 6.07) is 11.9. The Morgan fingerprint density at radius 1 is 1.28 bits per heavy atom. The van der Waals surface area contributed by atoms with E-state index in [2.05, 4.69) is 0 Å². The van der Waals surface area contributed by atoms with Gasteiger partial charge in [0.1, 0.15) is 17.9 Å². The molecule has 0 bridgehead atoms. The molecule has 2 aromatic carbocycles. The van der Waals surface area contributed by atoms with E-state index in [1.165, 1.54) is 0 Å². The number of ether oxygens (including phenoxy) is 3. The van der Waals surface area contributed by atoms with Crippen molar-refractivity contribution in [2.24, 2.45) is 0 Å². The molecule has 0 unspecified atom stereocenters. The maximum absolute atomic E-state index is 13.5. The second-order valence-electron chi connectivity index (χ2n) is 7.95. The predicted molar refractivity (Wildman–Crippen MR) is 112 cm³/mol. The maximum atomic E-state index is 13.5. The van der Waals surface area contributed by atoms with Gasteiger partial charge in [0, 0.05) is 6.54 Å². The Kier molecular flexibility index (Phi) is 5.70. The molecule has 0 saturated carbocycles. The number of carbonyl (C=O) groups excluding carboxylic acids is 1. The highest BCUT2D eigenvalue weighted by Gasteiger charge is 2.41. The Bertz CT molecular complexity index is 899. The predicted octanol–water partition coefficient (Wildman–Crippen LogP) is 4.63. The number of amides is 1. The lowest BCUT2D eigenvalue weighted by atomic mass is 10.1. The quantitative estimate of drug-likeness (QED) is 0.714. The smallest absolute Gasteiger partial charge is 0.261 e. The monoisotopic (exact) mass is 415 g/mol. The van der Waals surface area contributed by atoms with Crippen LogP contribution in [0.5, 0.6) is 11.5 Å². The fourth-order valence-corrected chi connectivity index (χ4v) is 4.11. The van der Waals surface area contributed by atoms with Crippen molar-refractivity contribution in [2.45, 2.75) is 52.0 Å². The molecule has 154 valence electrons. The first kappa shape index (κ1) is 20.0. The van der Waals surface area contributed by atoms with E-state index in [-0.39, 0.29) is 24.2 Å². The molecule has 29 heavy (non-hydrogen) atoms. The van der Waals surface area contributed by atoms with Crippen LogP contribution in [0.3, 0.4) is 0 Å². The first-order valence-electron chi connectivity index (χ1n) is 10.0. The molecule has 4 rings (SSSR count). The van der Waals surface area contributed by atoms with Crippen LogP contribution in [0.1, 0.15) is 41.8 Å². The molecule has 0 aromatic heterocycles. The van der Waals surface area contributed by atoms with E-state index in [0.717, 1.165) is 17.5 Å². The van der Waals surface area contributed by atoms with E-state index >= 15 is 0 Å². The molecule has 0 radical (unpaired) electrons. The summed E-state index contributed by atoms with van der Waals surface area (Å²) >= 11 is 6.51. The van der Waals surface area contributed by atoms with Crippen molar-refractivity contribution in [2.75, 3.05) is 13.2 Å². The molecule has 6 heteroatoms. The van der Waals surface area contributed by atoms with Crippen LogP contribution in [-0.2, 0) is 11.3 Å². The molecule has 1 amide bonds. The molecular weight excluding hydrogens is 390 g/mol. The number of hydrogen-bond donors (Lipinski definition) is 0. The van der Waals surface area contributed by atoms with E-state index in [0.29, 0.717) is 41.8 Å². The highest BCUT2D eigenvalue weighted by molar-refractivity contribution is 6.33. The van der Waals surface area contributed by atoms with E-state index < -0.39 is 0 Å². The van der Waals surface area contributed by atoms with Crippen molar-refractivity contribution in [3.63, 3.8) is 0 Å². The largest absolute Gasteiger partial charge is 0.490 e. The van der Waals surface area contributed by atoms with Crippen molar-refractivity contribution >= 4 is 17.5 Å². The van der Waals surface area contributed by atoms with Gasteiger partial charge in [0.25, 0.3) is 5.91 Å². The van der Waals surface area contributed by atoms with Crippen LogP contribution < -0.4 is 9.47 Å². The van der Waals surface area contributed by atoms with Crippen LogP contribution >= 0.6 is 11.6 Å². The van der Waals surface area contributed by atoms with E-state index in [4.69, 9.17) is 25.8 Å². The second kappa shape index (κ2) is 8.25. The van der Waals surface area contributed by atoms with Gasteiger partial charge in [-0.05, 0) is 44.4 Å². The normalized spacial score (nSPS) is 20.9. The Morgan fingerprint density at radius 3 is 2.76 bits per heavy atom. The maximum Gasteiger partial charge on any atom is 0.261 e. The minimum atomic E-state index is -0.106. The number of hydrogen-bond acceptors (Lipinski definition) is 4. The SMILES string of the molecule is Cc1cc2c(c(OC(C)C)c1Cl)C(=O)N1C[C@@H](OCc3ccccc3)C[C@@H]1CO2. The number of carbonyl (C=O) groups is 1. The van der Waals surface area contributed by atoms with Crippen molar-refractivity contribution in [1.82, 2.24) is 4.90 Å². The van der Waals surface area contributed by atoms with Crippen molar-refractivity contribution in [1.29, 1.82) is 0 Å². The Balaban J connectivity index is 1.56. The lowest BCUT2D eigenvalue weighted by Gasteiger charge is -2.22. The van der Waals surface area contributed by atoms with Gasteiger partial charge in [-0.15, -0.1) is 0 Å². The number of fused-ring (bicyclic) bond motifs is 2. The van der Waals surface area contributed by atoms with Gasteiger partial charge in [-0.2, -0.15) is 0 Å². The van der Waals surface area contributed by atoms with Crippen molar-refractivity contribution in [3.8, 4) is 11.5 Å². The van der Waals surface area contributed by atoms with E-state index in [1.54, 1.807) is 0 Å². The molecule has 2 atom stereocenters. The van der Waals surface area contributed by atoms with Gasteiger partial charge in [0.2, 0.25) is 0 Å². The Morgan fingerprint density at radius 2 is 2.03 bits per heavy atom. The molecule has 2 aromatic rings. The zero-order chi connectivity index (χ0) is 20.5. The number of nitrogens with zero attached hydrogens (tertiary/aromatic N) is 1. The minimum absolute atomic E-state index is 0.0234. The summed E-state index contributed by atoms with van der Waals surface area (Å²) < 4.78 is 18.1. The van der Waals surface area contributed by atoms with Crippen LogP contribution in [0.2, 0.25) is 5.02 Å². The Hall–Kier alpha value is -2.24. The van der Waals surface area contributed by atoms with Gasteiger partial charge in [-0.25, -0.2) is 0 Å². The number of benzene rings is 2. The lowest BCUT2D eigenvalue weighted by Crippen LogP contribution is -2.37. The van der Waals surface area contributed by atoms with Crippen molar-refractivity contribution < 1.29 is 19.0 Å². The molecule has 2 aliphatic rings. The van der Waals surface area contributed by atoms with Gasteiger partial charge in [0.05, 0.1) is 29.9 Å². The fraction of sp³-hybridized carbons (Fsp3) is 0.435. The third-order valence-electron chi connectivity index (χ3n) is 5.33. The average molecular weight is 416 g/mol. The molecule has 0 aliphatic carbocycles. The summed E-state index contributed by atoms with van der Waals surface area (Å²) in [7, 11) is 0. The summed E-state index contributed by atoms with van der Waals surface area (Å²) in [5, 5.41) is 0.462. The first-order chi connectivity index (χ1) is 13.9. The van der Waals surface area contributed by atoms with Crippen LogP contribution in [0.25, 0.3) is 0 Å². The van der Waals surface area contributed by atoms with Crippen LogP contribution in [0.15, 0.2) is 36.4 Å². The lowest BCUT2D eigenvalue weighted by molar-refractivity contribution is 0.0436. The van der Waals surface area contributed by atoms with Gasteiger partial charge < -0.3 is 19.1 Å². The summed E-state index contributed by atoms with van der Waals surface area (Å²) in [5.41, 5.74) is 2.37. The molecule has 2 heterocycles. The zero-order valence-corrected chi connectivity index (χ0v) is 17.7. The molecule has 0 N–H and O–H groups in total. The first-order valence-corrected chi connectivity index (χ1v) is 10.4. The van der Waals surface area contributed by atoms with Gasteiger partial charge >= 0.3 is 0 Å². The fourth-order valence-electron chi connectivity index (χ4n) is 3.91. The summed E-state index contributed by atoms with van der Waals surface area (Å²) in [6.07, 6.45) is 0.620. The second-order valence-corrected chi connectivity index (χ2v) is 8.33. The van der Waals surface area contributed by atoms with Gasteiger partial charge in [-0.3, -0.25) is 4.79 Å². The molecule has 1 fully saturated rings. The summed E-state index contributed by atoms with van der Waals surface area (Å²) in [5.74, 6) is 0.852. The topological polar surface area (TPSA) is 48.0 Å². The molecule has 1 saturated heterocycles. The average Bonchev–Trinajstić information content (AvgIpc) is 3.06. The van der Waals surface area contributed by atoms with E-state index in [1.807, 2.05) is 62.1 Å². The highest BCUT2D eigenvalue weighted by Crippen LogP contribution is 2.42. The summed E-state index contributed by atoms with van der Waals surface area (Å²) in [6.45, 7) is 7.23. The van der Waals surface area contributed by atoms with E-state index in [9.17, 15) is 4.79 Å². The molecular formula is C23H26ClNO4.